The maximum Gasteiger partial charge on any atom is 0.256 e. The van der Waals surface area contributed by atoms with Gasteiger partial charge in [-0.2, -0.15) is 0 Å². The van der Waals surface area contributed by atoms with Crippen molar-refractivity contribution >= 4 is 17.5 Å². The number of nitrogens with one attached hydrogen (secondary N) is 1. The van der Waals surface area contributed by atoms with E-state index in [1.165, 1.54) is 0 Å². The van der Waals surface area contributed by atoms with Crippen LogP contribution in [0.25, 0.3) is 0 Å². The van der Waals surface area contributed by atoms with E-state index in [0.717, 1.165) is 25.7 Å². The van der Waals surface area contributed by atoms with Crippen LogP contribution in [0, 0.1) is 0 Å². The second-order valence-electron chi connectivity index (χ2n) is 5.37. The highest BCUT2D eigenvalue weighted by Crippen LogP contribution is 2.36. The van der Waals surface area contributed by atoms with Gasteiger partial charge in [0.2, 0.25) is 0 Å². The summed E-state index contributed by atoms with van der Waals surface area (Å²) < 4.78 is 6.10. The summed E-state index contributed by atoms with van der Waals surface area (Å²) >= 11 is 6.17. The molecule has 0 bridgehead atoms. The number of ether oxygens (including phenoxy) is 1. The summed E-state index contributed by atoms with van der Waals surface area (Å²) in [6.45, 7) is 6.08. The van der Waals surface area contributed by atoms with E-state index in [1.54, 1.807) is 24.3 Å². The molecule has 4 heteroatoms. The fourth-order valence-electron chi connectivity index (χ4n) is 2.55. The maximum absolute atomic E-state index is 12.2. The normalized spacial score (nSPS) is 16.7. The molecular formula is C16H20ClNO2. The Morgan fingerprint density at radius 2 is 2.20 bits per heavy atom. The predicted molar refractivity (Wildman–Crippen MR) is 81.5 cm³/mol. The third-order valence-corrected chi connectivity index (χ3v) is 3.94. The van der Waals surface area contributed by atoms with Crippen molar-refractivity contribution in [2.45, 2.75) is 38.2 Å². The molecular weight excluding hydrogens is 274 g/mol. The monoisotopic (exact) mass is 293 g/mol. The fraction of sp³-hybridized carbons (Fsp3) is 0.438. The second-order valence-corrected chi connectivity index (χ2v) is 5.78. The molecule has 20 heavy (non-hydrogen) atoms. The molecule has 0 saturated heterocycles. The van der Waals surface area contributed by atoms with E-state index in [2.05, 4.69) is 18.8 Å². The van der Waals surface area contributed by atoms with Crippen LogP contribution in [0.5, 0.6) is 5.75 Å². The average Bonchev–Trinajstić information content (AvgIpc) is 2.82. The zero-order valence-corrected chi connectivity index (χ0v) is 12.5. The van der Waals surface area contributed by atoms with Gasteiger partial charge in [0, 0.05) is 6.54 Å². The van der Waals surface area contributed by atoms with Crippen LogP contribution in [0.1, 0.15) is 43.0 Å². The number of carbonyl (C=O) groups is 1. The highest BCUT2D eigenvalue weighted by Gasteiger charge is 2.32. The molecule has 0 aliphatic heterocycles. The van der Waals surface area contributed by atoms with Gasteiger partial charge in [0.05, 0.1) is 10.6 Å². The molecule has 2 rings (SSSR count). The SMILES string of the molecule is C=CCNC(=O)c1c(Cl)cccc1OC1(C)CCCC1. The predicted octanol–water partition coefficient (Wildman–Crippen LogP) is 3.97. The van der Waals surface area contributed by atoms with Gasteiger partial charge in [-0.15, -0.1) is 6.58 Å². The van der Waals surface area contributed by atoms with Crippen molar-refractivity contribution in [1.82, 2.24) is 5.32 Å². The molecule has 1 aromatic carbocycles. The van der Waals surface area contributed by atoms with Crippen molar-refractivity contribution in [2.75, 3.05) is 6.54 Å². The summed E-state index contributed by atoms with van der Waals surface area (Å²) in [6.07, 6.45) is 5.97. The first-order chi connectivity index (χ1) is 9.56. The van der Waals surface area contributed by atoms with E-state index in [0.29, 0.717) is 22.9 Å². The van der Waals surface area contributed by atoms with Gasteiger partial charge in [0.15, 0.2) is 0 Å². The fourth-order valence-corrected chi connectivity index (χ4v) is 2.81. The molecule has 0 radical (unpaired) electrons. The van der Waals surface area contributed by atoms with Crippen LogP contribution in [0.3, 0.4) is 0 Å². The van der Waals surface area contributed by atoms with Gasteiger partial charge in [0.1, 0.15) is 11.4 Å². The van der Waals surface area contributed by atoms with Gasteiger partial charge >= 0.3 is 0 Å². The van der Waals surface area contributed by atoms with Crippen LogP contribution < -0.4 is 10.1 Å². The lowest BCUT2D eigenvalue weighted by Crippen LogP contribution is -2.30. The third kappa shape index (κ3) is 3.34. The second kappa shape index (κ2) is 6.31. The number of halogens is 1. The van der Waals surface area contributed by atoms with E-state index in [9.17, 15) is 4.79 Å². The first-order valence-corrected chi connectivity index (χ1v) is 7.30. The van der Waals surface area contributed by atoms with E-state index in [-0.39, 0.29) is 11.5 Å². The Bertz CT molecular complexity index is 507. The lowest BCUT2D eigenvalue weighted by Gasteiger charge is -2.27. The van der Waals surface area contributed by atoms with Crippen LogP contribution in [0.15, 0.2) is 30.9 Å². The van der Waals surface area contributed by atoms with Crippen molar-refractivity contribution in [3.63, 3.8) is 0 Å². The zero-order chi connectivity index (χ0) is 14.6. The molecule has 0 atom stereocenters. The summed E-state index contributed by atoms with van der Waals surface area (Å²) in [7, 11) is 0. The van der Waals surface area contributed by atoms with Crippen molar-refractivity contribution in [3.05, 3.63) is 41.4 Å². The van der Waals surface area contributed by atoms with Crippen LogP contribution in [0.2, 0.25) is 5.02 Å². The molecule has 1 amide bonds. The van der Waals surface area contributed by atoms with Gasteiger partial charge in [-0.1, -0.05) is 23.7 Å². The molecule has 1 aliphatic carbocycles. The van der Waals surface area contributed by atoms with Gasteiger partial charge in [-0.25, -0.2) is 0 Å². The molecule has 1 aromatic rings. The summed E-state index contributed by atoms with van der Waals surface area (Å²) in [4.78, 5) is 12.2. The highest BCUT2D eigenvalue weighted by molar-refractivity contribution is 6.34. The minimum Gasteiger partial charge on any atom is -0.487 e. The Kier molecular flexibility index (Phi) is 4.71. The van der Waals surface area contributed by atoms with Crippen molar-refractivity contribution in [2.24, 2.45) is 0 Å². The van der Waals surface area contributed by atoms with E-state index < -0.39 is 0 Å². The summed E-state index contributed by atoms with van der Waals surface area (Å²) in [5.74, 6) is 0.329. The van der Waals surface area contributed by atoms with Crippen LogP contribution >= 0.6 is 11.6 Å². The van der Waals surface area contributed by atoms with E-state index in [1.807, 2.05) is 0 Å². The van der Waals surface area contributed by atoms with Crippen molar-refractivity contribution in [1.29, 1.82) is 0 Å². The first kappa shape index (κ1) is 14.9. The summed E-state index contributed by atoms with van der Waals surface area (Å²) in [5, 5.41) is 3.15. The molecule has 1 saturated carbocycles. The largest absolute Gasteiger partial charge is 0.487 e. The summed E-state index contributed by atoms with van der Waals surface area (Å²) in [6, 6.07) is 5.31. The smallest absolute Gasteiger partial charge is 0.256 e. The lowest BCUT2D eigenvalue weighted by molar-refractivity contribution is 0.0877. The van der Waals surface area contributed by atoms with Gasteiger partial charge in [-0.3, -0.25) is 4.79 Å². The first-order valence-electron chi connectivity index (χ1n) is 6.92. The van der Waals surface area contributed by atoms with Crippen LogP contribution in [-0.2, 0) is 0 Å². The van der Waals surface area contributed by atoms with Gasteiger partial charge in [-0.05, 0) is 44.7 Å². The number of benzene rings is 1. The molecule has 0 spiro atoms. The van der Waals surface area contributed by atoms with Crippen LogP contribution in [-0.4, -0.2) is 18.1 Å². The maximum atomic E-state index is 12.2. The number of rotatable bonds is 5. The highest BCUT2D eigenvalue weighted by atomic mass is 35.5. The Morgan fingerprint density at radius 3 is 2.85 bits per heavy atom. The molecule has 1 fully saturated rings. The standard InChI is InChI=1S/C16H20ClNO2/c1-3-11-18-15(19)14-12(17)7-6-8-13(14)20-16(2)9-4-5-10-16/h3,6-8H,1,4-5,9-11H2,2H3,(H,18,19). The minimum atomic E-state index is -0.230. The van der Waals surface area contributed by atoms with Gasteiger partial charge < -0.3 is 10.1 Å². The lowest BCUT2D eigenvalue weighted by atomic mass is 10.0. The Balaban J connectivity index is 2.26. The Morgan fingerprint density at radius 1 is 1.50 bits per heavy atom. The van der Waals surface area contributed by atoms with Crippen molar-refractivity contribution in [3.8, 4) is 5.75 Å². The van der Waals surface area contributed by atoms with Crippen LogP contribution in [0.4, 0.5) is 0 Å². The zero-order valence-electron chi connectivity index (χ0n) is 11.7. The van der Waals surface area contributed by atoms with E-state index in [4.69, 9.17) is 16.3 Å². The topological polar surface area (TPSA) is 38.3 Å². The third-order valence-electron chi connectivity index (χ3n) is 3.63. The summed E-state index contributed by atoms with van der Waals surface area (Å²) in [5.41, 5.74) is 0.210. The van der Waals surface area contributed by atoms with Crippen molar-refractivity contribution < 1.29 is 9.53 Å². The van der Waals surface area contributed by atoms with E-state index >= 15 is 0 Å². The molecule has 1 N–H and O–H groups in total. The average molecular weight is 294 g/mol. The number of amides is 1. The molecule has 0 unspecified atom stereocenters. The molecule has 0 aromatic heterocycles. The molecule has 1 aliphatic rings. The number of hydrogen-bond acceptors (Lipinski definition) is 2. The Hall–Kier alpha value is -1.48. The quantitative estimate of drug-likeness (QED) is 0.834. The molecule has 108 valence electrons. The minimum absolute atomic E-state index is 0.196. The Labute approximate surface area is 125 Å². The molecule has 3 nitrogen and oxygen atoms in total. The van der Waals surface area contributed by atoms with Gasteiger partial charge in [0.25, 0.3) is 5.91 Å². The number of hydrogen-bond donors (Lipinski definition) is 1. The molecule has 0 heterocycles. The number of carbonyl (C=O) groups excluding carboxylic acids is 1.